The highest BCUT2D eigenvalue weighted by molar-refractivity contribution is 6.29. The summed E-state index contributed by atoms with van der Waals surface area (Å²) in [5, 5.41) is 6.89. The first-order chi connectivity index (χ1) is 11.3. The monoisotopic (exact) mass is 349 g/mol. The number of amides is 1. The van der Waals surface area contributed by atoms with Crippen LogP contribution in [-0.4, -0.2) is 29.1 Å². The predicted molar refractivity (Wildman–Crippen MR) is 87.3 cm³/mol. The zero-order chi connectivity index (χ0) is 17.7. The van der Waals surface area contributed by atoms with Crippen molar-refractivity contribution >= 4 is 29.6 Å². The van der Waals surface area contributed by atoms with E-state index in [0.29, 0.717) is 5.15 Å². The fourth-order valence-corrected chi connectivity index (χ4v) is 2.23. The molecule has 8 heteroatoms. The first kappa shape index (κ1) is 17.7. The van der Waals surface area contributed by atoms with Crippen molar-refractivity contribution in [1.29, 1.82) is 0 Å². The molecule has 0 unspecified atom stereocenters. The van der Waals surface area contributed by atoms with Crippen molar-refractivity contribution in [2.24, 2.45) is 0 Å². The van der Waals surface area contributed by atoms with Crippen molar-refractivity contribution in [3.05, 3.63) is 52.6 Å². The second-order valence-corrected chi connectivity index (χ2v) is 5.82. The Hall–Kier alpha value is -2.67. The number of hydrogen-bond acceptors (Lipinski definition) is 6. The number of nitrogens with one attached hydrogen (secondary N) is 1. The first-order valence-electron chi connectivity index (χ1n) is 6.98. The second-order valence-electron chi connectivity index (χ2n) is 5.43. The van der Waals surface area contributed by atoms with Crippen LogP contribution in [-0.2, 0) is 15.1 Å². The Bertz CT molecular complexity index is 783. The van der Waals surface area contributed by atoms with Crippen LogP contribution < -0.4 is 5.32 Å². The van der Waals surface area contributed by atoms with Crippen molar-refractivity contribution in [3.63, 3.8) is 0 Å². The summed E-state index contributed by atoms with van der Waals surface area (Å²) < 4.78 is 9.51. The minimum atomic E-state index is -0.937. The average molecular weight is 350 g/mol. The van der Waals surface area contributed by atoms with Gasteiger partial charge < -0.3 is 14.6 Å². The summed E-state index contributed by atoms with van der Waals surface area (Å²) >= 11 is 5.79. The summed E-state index contributed by atoms with van der Waals surface area (Å²) in [5.41, 5.74) is 0.240. The quantitative estimate of drug-likeness (QED) is 0.506. The lowest BCUT2D eigenvalue weighted by atomic mass is 9.97. The minimum absolute atomic E-state index is 0.160. The van der Waals surface area contributed by atoms with E-state index in [0.717, 1.165) is 5.56 Å². The van der Waals surface area contributed by atoms with E-state index in [1.54, 1.807) is 38.3 Å². The molecule has 0 bridgehead atoms. The van der Waals surface area contributed by atoms with Gasteiger partial charge in [0.25, 0.3) is 0 Å². The smallest absolute Gasteiger partial charge is 0.343 e. The zero-order valence-electron chi connectivity index (χ0n) is 13.4. The Morgan fingerprint density at radius 3 is 2.83 bits per heavy atom. The van der Waals surface area contributed by atoms with E-state index < -0.39 is 11.5 Å². The topological polar surface area (TPSA) is 94.3 Å². The molecule has 2 heterocycles. The van der Waals surface area contributed by atoms with Crippen LogP contribution in [0.1, 0.15) is 35.5 Å². The maximum atomic E-state index is 12.1. The molecule has 2 aromatic rings. The largest absolute Gasteiger partial charge is 0.465 e. The fourth-order valence-electron chi connectivity index (χ4n) is 2.04. The Kier molecular flexibility index (Phi) is 5.35. The highest BCUT2D eigenvalue weighted by Crippen LogP contribution is 2.23. The van der Waals surface area contributed by atoms with Gasteiger partial charge in [0.2, 0.25) is 5.91 Å². The molecule has 2 aromatic heterocycles. The number of esters is 1. The van der Waals surface area contributed by atoms with Gasteiger partial charge in [0.05, 0.1) is 12.6 Å². The molecule has 0 spiro atoms. The van der Waals surface area contributed by atoms with Crippen molar-refractivity contribution in [3.8, 4) is 0 Å². The van der Waals surface area contributed by atoms with E-state index in [2.05, 4.69) is 20.2 Å². The minimum Gasteiger partial charge on any atom is -0.465 e. The predicted octanol–water partition coefficient (Wildman–Crippen LogP) is 2.57. The summed E-state index contributed by atoms with van der Waals surface area (Å²) in [5.74, 6) is -0.956. The van der Waals surface area contributed by atoms with Crippen LogP contribution in [0.4, 0.5) is 0 Å². The molecule has 0 aliphatic carbocycles. The van der Waals surface area contributed by atoms with Crippen LogP contribution in [0.5, 0.6) is 0 Å². The summed E-state index contributed by atoms with van der Waals surface area (Å²) in [4.78, 5) is 27.7. The van der Waals surface area contributed by atoms with Gasteiger partial charge in [0.15, 0.2) is 0 Å². The van der Waals surface area contributed by atoms with Crippen LogP contribution in [0.3, 0.4) is 0 Å². The van der Waals surface area contributed by atoms with Gasteiger partial charge in [-0.25, -0.2) is 9.78 Å². The third-order valence-electron chi connectivity index (χ3n) is 3.18. The summed E-state index contributed by atoms with van der Waals surface area (Å²) in [6.45, 7) is 3.40. The number of methoxy groups -OCH3 is 1. The molecule has 0 aliphatic rings. The molecule has 0 fully saturated rings. The lowest BCUT2D eigenvalue weighted by molar-refractivity contribution is -0.118. The molecule has 1 amide bonds. The van der Waals surface area contributed by atoms with Crippen LogP contribution in [0.25, 0.3) is 6.08 Å². The lowest BCUT2D eigenvalue weighted by Crippen LogP contribution is -2.41. The molecule has 0 atom stereocenters. The van der Waals surface area contributed by atoms with Crippen LogP contribution in [0.2, 0.25) is 5.15 Å². The van der Waals surface area contributed by atoms with E-state index in [-0.39, 0.29) is 17.2 Å². The molecular weight excluding hydrogens is 334 g/mol. The van der Waals surface area contributed by atoms with Crippen LogP contribution in [0.15, 0.2) is 35.2 Å². The van der Waals surface area contributed by atoms with Crippen LogP contribution in [0, 0.1) is 0 Å². The summed E-state index contributed by atoms with van der Waals surface area (Å²) in [6, 6.07) is 3.34. The number of ether oxygens (including phenoxy) is 1. The molecule has 0 aliphatic heterocycles. The Morgan fingerprint density at radius 2 is 2.17 bits per heavy atom. The van der Waals surface area contributed by atoms with Gasteiger partial charge in [-0.15, -0.1) is 0 Å². The van der Waals surface area contributed by atoms with Crippen molar-refractivity contribution in [2.75, 3.05) is 7.11 Å². The molecule has 24 heavy (non-hydrogen) atoms. The van der Waals surface area contributed by atoms with E-state index >= 15 is 0 Å². The summed E-state index contributed by atoms with van der Waals surface area (Å²) in [7, 11) is 1.26. The maximum absolute atomic E-state index is 12.1. The molecule has 0 radical (unpaired) electrons. The SMILES string of the molecule is COC(=O)c1conc1C(C)(C)NC(=O)C=Cc1ccnc(Cl)c1. The molecular formula is C16H16ClN3O4. The van der Waals surface area contributed by atoms with E-state index in [9.17, 15) is 9.59 Å². The molecule has 1 N–H and O–H groups in total. The van der Waals surface area contributed by atoms with Gasteiger partial charge in [-0.2, -0.15) is 0 Å². The molecule has 126 valence electrons. The van der Waals surface area contributed by atoms with E-state index in [1.807, 2.05) is 0 Å². The highest BCUT2D eigenvalue weighted by Gasteiger charge is 2.31. The number of pyridine rings is 1. The molecule has 7 nitrogen and oxygen atoms in total. The van der Waals surface area contributed by atoms with E-state index in [1.165, 1.54) is 19.4 Å². The Labute approximate surface area is 143 Å². The van der Waals surface area contributed by atoms with Gasteiger partial charge in [-0.05, 0) is 37.6 Å². The van der Waals surface area contributed by atoms with E-state index in [4.69, 9.17) is 16.1 Å². The molecule has 0 aromatic carbocycles. The molecule has 0 saturated carbocycles. The van der Waals surface area contributed by atoms with Gasteiger partial charge in [-0.3, -0.25) is 4.79 Å². The Morgan fingerprint density at radius 1 is 1.42 bits per heavy atom. The van der Waals surface area contributed by atoms with Gasteiger partial charge in [0.1, 0.15) is 22.7 Å². The van der Waals surface area contributed by atoms with Crippen molar-refractivity contribution < 1.29 is 18.8 Å². The average Bonchev–Trinajstić information content (AvgIpc) is 3.02. The number of nitrogens with zero attached hydrogens (tertiary/aromatic N) is 2. The number of rotatable bonds is 5. The van der Waals surface area contributed by atoms with Gasteiger partial charge >= 0.3 is 5.97 Å². The normalized spacial score (nSPS) is 11.5. The first-order valence-corrected chi connectivity index (χ1v) is 7.36. The number of carbonyl (C=O) groups excluding carboxylic acids is 2. The number of hydrogen-bond donors (Lipinski definition) is 1. The fraction of sp³-hybridized carbons (Fsp3) is 0.250. The van der Waals surface area contributed by atoms with Crippen molar-refractivity contribution in [2.45, 2.75) is 19.4 Å². The lowest BCUT2D eigenvalue weighted by Gasteiger charge is -2.23. The maximum Gasteiger partial charge on any atom is 0.343 e. The standard InChI is InChI=1S/C16H16ClN3O4/c1-16(2,14-11(9-24-20-14)15(22)23-3)19-13(21)5-4-10-6-7-18-12(17)8-10/h4-9H,1-3H3,(H,19,21). The molecule has 2 rings (SSSR count). The highest BCUT2D eigenvalue weighted by atomic mass is 35.5. The number of carbonyl (C=O) groups is 2. The second kappa shape index (κ2) is 7.27. The Balaban J connectivity index is 2.13. The summed E-state index contributed by atoms with van der Waals surface area (Å²) in [6.07, 6.45) is 5.68. The van der Waals surface area contributed by atoms with Crippen LogP contribution >= 0.6 is 11.6 Å². The van der Waals surface area contributed by atoms with Gasteiger partial charge in [0, 0.05) is 12.3 Å². The third kappa shape index (κ3) is 4.20. The number of halogens is 1. The van der Waals surface area contributed by atoms with Crippen molar-refractivity contribution in [1.82, 2.24) is 15.5 Å². The zero-order valence-corrected chi connectivity index (χ0v) is 14.1. The number of aromatic nitrogens is 2. The third-order valence-corrected chi connectivity index (χ3v) is 3.39. The molecule has 0 saturated heterocycles. The van der Waals surface area contributed by atoms with Gasteiger partial charge in [-0.1, -0.05) is 16.8 Å².